The highest BCUT2D eigenvalue weighted by Gasteiger charge is 2.35. The Morgan fingerprint density at radius 3 is 2.67 bits per heavy atom. The maximum atomic E-state index is 13.9. The van der Waals surface area contributed by atoms with Gasteiger partial charge in [0.05, 0.1) is 24.0 Å². The van der Waals surface area contributed by atoms with Gasteiger partial charge in [-0.2, -0.15) is 0 Å². The van der Waals surface area contributed by atoms with Crippen LogP contribution in [0.5, 0.6) is 0 Å². The molecule has 0 aliphatic carbocycles. The van der Waals surface area contributed by atoms with Crippen molar-refractivity contribution in [2.45, 2.75) is 63.3 Å². The van der Waals surface area contributed by atoms with Crippen LogP contribution >= 0.6 is 0 Å². The summed E-state index contributed by atoms with van der Waals surface area (Å²) in [5.74, 6) is 0.193. The second-order valence-electron chi connectivity index (χ2n) is 11.1. The van der Waals surface area contributed by atoms with Crippen molar-refractivity contribution in [2.75, 3.05) is 13.1 Å². The number of aliphatic hydroxyl groups excluding tert-OH is 1. The molecule has 2 amide bonds. The van der Waals surface area contributed by atoms with Crippen LogP contribution in [0.25, 0.3) is 11.5 Å². The summed E-state index contributed by atoms with van der Waals surface area (Å²) in [6.07, 6.45) is 7.60. The molecule has 10 heteroatoms. The van der Waals surface area contributed by atoms with Gasteiger partial charge in [0.15, 0.2) is 0 Å². The van der Waals surface area contributed by atoms with E-state index in [1.165, 1.54) is 12.5 Å². The minimum absolute atomic E-state index is 0.110. The summed E-state index contributed by atoms with van der Waals surface area (Å²) in [4.78, 5) is 38.2. The third kappa shape index (κ3) is 6.00. The molecule has 0 bridgehead atoms. The predicted octanol–water partition coefficient (Wildman–Crippen LogP) is 4.07. The standard InChI is InChI=1S/C32H35N5O5/c1-20-19-42-31(35-20)27-10-6-13-37(27)32(40)24-17-22(16-23(18-24)30-34-12-14-41-30)29(39)36-26(15-21-7-3-2-4-8-21)28(38)25-9-5-11-33-25/h2-4,7-8,12,14,16-19,25-28,33,38H,5-6,9-11,13,15H2,1H3,(H,36,39)/t25-,26+,27-,28-/m1/s1. The second-order valence-corrected chi connectivity index (χ2v) is 11.1. The molecule has 0 saturated carbocycles. The highest BCUT2D eigenvalue weighted by molar-refractivity contribution is 6.01. The fraction of sp³-hybridized carbons (Fsp3) is 0.375. The van der Waals surface area contributed by atoms with Crippen molar-refractivity contribution >= 4 is 11.8 Å². The van der Waals surface area contributed by atoms with Gasteiger partial charge >= 0.3 is 0 Å². The molecule has 4 heterocycles. The molecule has 10 nitrogen and oxygen atoms in total. The number of likely N-dealkylation sites (tertiary alicyclic amines) is 1. The number of benzene rings is 2. The molecule has 2 aliphatic heterocycles. The maximum Gasteiger partial charge on any atom is 0.254 e. The van der Waals surface area contributed by atoms with E-state index in [1.807, 2.05) is 37.3 Å². The van der Waals surface area contributed by atoms with E-state index in [9.17, 15) is 14.7 Å². The van der Waals surface area contributed by atoms with Crippen molar-refractivity contribution in [1.82, 2.24) is 25.5 Å². The number of aromatic nitrogens is 2. The Kier molecular flexibility index (Phi) is 8.16. The van der Waals surface area contributed by atoms with Gasteiger partial charge in [0.25, 0.3) is 11.8 Å². The SMILES string of the molecule is Cc1coc([C@H]2CCCN2C(=O)c2cc(C(=O)N[C@@H](Cc3ccccc3)[C@H](O)[C@H]3CCCN3)cc(-c3ncco3)c2)n1. The lowest BCUT2D eigenvalue weighted by molar-refractivity contribution is 0.0715. The van der Waals surface area contributed by atoms with Crippen molar-refractivity contribution in [3.05, 3.63) is 95.5 Å². The smallest absolute Gasteiger partial charge is 0.254 e. The quantitative estimate of drug-likeness (QED) is 0.275. The Bertz CT molecular complexity index is 1510. The molecular formula is C32H35N5O5. The number of oxazole rings is 2. The van der Waals surface area contributed by atoms with Gasteiger partial charge in [0.2, 0.25) is 11.8 Å². The molecule has 6 rings (SSSR count). The third-order valence-corrected chi connectivity index (χ3v) is 8.09. The lowest BCUT2D eigenvalue weighted by atomic mass is 9.95. The highest BCUT2D eigenvalue weighted by atomic mass is 16.3. The van der Waals surface area contributed by atoms with Crippen LogP contribution in [0.1, 0.15) is 69.6 Å². The first kappa shape index (κ1) is 27.9. The first-order valence-electron chi connectivity index (χ1n) is 14.5. The lowest BCUT2D eigenvalue weighted by Gasteiger charge is -2.29. The van der Waals surface area contributed by atoms with Gasteiger partial charge in [-0.1, -0.05) is 30.3 Å². The van der Waals surface area contributed by atoms with Gasteiger partial charge in [-0.3, -0.25) is 9.59 Å². The van der Waals surface area contributed by atoms with E-state index in [1.54, 1.807) is 29.4 Å². The molecular weight excluding hydrogens is 534 g/mol. The Balaban J connectivity index is 1.30. The van der Waals surface area contributed by atoms with Crippen molar-refractivity contribution in [2.24, 2.45) is 0 Å². The zero-order chi connectivity index (χ0) is 29.1. The molecule has 3 N–H and O–H groups in total. The van der Waals surface area contributed by atoms with Crippen LogP contribution in [0.15, 0.2) is 76.1 Å². The number of carbonyl (C=O) groups is 2. The number of hydrogen-bond acceptors (Lipinski definition) is 8. The molecule has 218 valence electrons. The largest absolute Gasteiger partial charge is 0.446 e. The van der Waals surface area contributed by atoms with E-state index in [4.69, 9.17) is 8.83 Å². The molecule has 0 spiro atoms. The van der Waals surface area contributed by atoms with Crippen LogP contribution < -0.4 is 10.6 Å². The van der Waals surface area contributed by atoms with Crippen LogP contribution in [-0.2, 0) is 6.42 Å². The molecule has 2 fully saturated rings. The summed E-state index contributed by atoms with van der Waals surface area (Å²) in [6, 6.07) is 13.8. The molecule has 0 radical (unpaired) electrons. The molecule has 0 unspecified atom stereocenters. The zero-order valence-corrected chi connectivity index (χ0v) is 23.5. The highest BCUT2D eigenvalue weighted by Crippen LogP contribution is 2.33. The van der Waals surface area contributed by atoms with Gasteiger partial charge in [-0.25, -0.2) is 9.97 Å². The van der Waals surface area contributed by atoms with Crippen LogP contribution in [-0.4, -0.2) is 63.1 Å². The van der Waals surface area contributed by atoms with Gasteiger partial charge < -0.3 is 29.5 Å². The Hall–Kier alpha value is -4.28. The van der Waals surface area contributed by atoms with Gasteiger partial charge in [-0.05, 0) is 69.3 Å². The van der Waals surface area contributed by atoms with Gasteiger partial charge in [0.1, 0.15) is 18.6 Å². The van der Waals surface area contributed by atoms with E-state index in [-0.39, 0.29) is 23.6 Å². The van der Waals surface area contributed by atoms with E-state index in [2.05, 4.69) is 20.6 Å². The van der Waals surface area contributed by atoms with E-state index < -0.39 is 18.1 Å². The third-order valence-electron chi connectivity index (χ3n) is 8.09. The van der Waals surface area contributed by atoms with E-state index in [0.717, 1.165) is 43.5 Å². The van der Waals surface area contributed by atoms with Crippen molar-refractivity contribution in [3.8, 4) is 11.5 Å². The number of amides is 2. The molecule has 42 heavy (non-hydrogen) atoms. The molecule has 2 aromatic carbocycles. The number of nitrogens with one attached hydrogen (secondary N) is 2. The van der Waals surface area contributed by atoms with Crippen LogP contribution in [0.2, 0.25) is 0 Å². The van der Waals surface area contributed by atoms with Crippen LogP contribution in [0.3, 0.4) is 0 Å². The van der Waals surface area contributed by atoms with Crippen molar-refractivity contribution in [1.29, 1.82) is 0 Å². The number of aryl methyl sites for hydroxylation is 1. The number of rotatable bonds is 9. The monoisotopic (exact) mass is 569 g/mol. The lowest BCUT2D eigenvalue weighted by Crippen LogP contribution is -2.52. The minimum atomic E-state index is -0.790. The number of aliphatic hydroxyl groups is 1. The van der Waals surface area contributed by atoms with Crippen LogP contribution in [0.4, 0.5) is 0 Å². The van der Waals surface area contributed by atoms with Crippen LogP contribution in [0, 0.1) is 6.92 Å². The van der Waals surface area contributed by atoms with Crippen molar-refractivity contribution < 1.29 is 23.5 Å². The number of carbonyl (C=O) groups excluding carboxylic acids is 2. The first-order chi connectivity index (χ1) is 20.5. The van der Waals surface area contributed by atoms with Gasteiger partial charge in [0, 0.05) is 29.3 Å². The Morgan fingerprint density at radius 2 is 1.95 bits per heavy atom. The van der Waals surface area contributed by atoms with E-state index in [0.29, 0.717) is 35.9 Å². The average Bonchev–Trinajstić information content (AvgIpc) is 3.84. The second kappa shape index (κ2) is 12.3. The maximum absolute atomic E-state index is 13.9. The molecule has 2 saturated heterocycles. The summed E-state index contributed by atoms with van der Waals surface area (Å²) < 4.78 is 11.2. The topological polar surface area (TPSA) is 134 Å². The minimum Gasteiger partial charge on any atom is -0.446 e. The van der Waals surface area contributed by atoms with Gasteiger partial charge in [-0.15, -0.1) is 0 Å². The predicted molar refractivity (Wildman–Crippen MR) is 155 cm³/mol. The average molecular weight is 570 g/mol. The molecule has 4 aromatic rings. The summed E-state index contributed by atoms with van der Waals surface area (Å²) in [5, 5.41) is 17.7. The zero-order valence-electron chi connectivity index (χ0n) is 23.5. The summed E-state index contributed by atoms with van der Waals surface area (Å²) in [5.41, 5.74) is 2.89. The Labute approximate surface area is 244 Å². The fourth-order valence-electron chi connectivity index (χ4n) is 5.99. The van der Waals surface area contributed by atoms with Crippen molar-refractivity contribution in [3.63, 3.8) is 0 Å². The summed E-state index contributed by atoms with van der Waals surface area (Å²) in [6.45, 7) is 3.24. The first-order valence-corrected chi connectivity index (χ1v) is 14.5. The summed E-state index contributed by atoms with van der Waals surface area (Å²) >= 11 is 0. The van der Waals surface area contributed by atoms with E-state index >= 15 is 0 Å². The molecule has 2 aromatic heterocycles. The fourth-order valence-corrected chi connectivity index (χ4v) is 5.99. The molecule has 4 atom stereocenters. The summed E-state index contributed by atoms with van der Waals surface area (Å²) in [7, 11) is 0. The normalized spacial score (nSPS) is 20.0. The number of hydrogen-bond donors (Lipinski definition) is 3. The Morgan fingerprint density at radius 1 is 1.12 bits per heavy atom. The number of nitrogens with zero attached hydrogens (tertiary/aromatic N) is 3. The molecule has 2 aliphatic rings.